The van der Waals surface area contributed by atoms with Crippen molar-refractivity contribution >= 4 is 142 Å². The molecule has 0 radical (unpaired) electrons. The molecule has 596 valence electrons. The molecule has 19 rings (SSSR count). The zero-order valence-corrected chi connectivity index (χ0v) is 68.7. The molecule has 4 atom stereocenters. The third-order valence-electron chi connectivity index (χ3n) is 22.4. The molecule has 10 heteroatoms. The third kappa shape index (κ3) is 16.7. The predicted octanol–water partition coefficient (Wildman–Crippen LogP) is 27.7. The van der Waals surface area contributed by atoms with Crippen molar-refractivity contribution < 1.29 is 47.6 Å². The summed E-state index contributed by atoms with van der Waals surface area (Å²) in [6.45, 7) is 21.8. The standard InChI is InChI=1S/C31H22O2.C29H22O2.2C26H22O3/c1-19(2)31(32)33-30(25-13-10-20-6-3-4-7-24(20)18-25)27-17-15-23-12-11-21-8-5-9-22-14-16-26(27)29(23)28(21)22;1-19(2)29(30)31-28(26-17-9-13-20-10-3-6-14-23(20)26)27-24-15-7-4-11-21(24)18-22-12-5-8-16-25(22)27;1-17(2)26(27)29-25(19-10-8-11-20(15-19)28-3)24-16-18-9-4-5-12-21(18)22-13-6-7-14-23(22)24;1-17(2)26(27)29-25(24-10-6-8-18-7-4-5-9-23(18)24)21-12-11-20-16-22(28-3)14-13-19(20)15-21/h3-18,30H,1H2,2H3;3-18,28H,1H2,2H3;2*4-16,25H,1H2,2-3H3. The van der Waals surface area contributed by atoms with E-state index >= 15 is 0 Å². The molecule has 0 saturated carbocycles. The number of esters is 4. The molecule has 0 fully saturated rings. The summed E-state index contributed by atoms with van der Waals surface area (Å²) in [4.78, 5) is 50.4. The van der Waals surface area contributed by atoms with E-state index in [2.05, 4.69) is 220 Å². The van der Waals surface area contributed by atoms with Crippen LogP contribution in [0.1, 0.15) is 96.6 Å². The normalized spacial score (nSPS) is 12.1. The second kappa shape index (κ2) is 35.5. The molecule has 0 aliphatic rings. The van der Waals surface area contributed by atoms with Gasteiger partial charge in [-0.15, -0.1) is 0 Å². The molecule has 10 nitrogen and oxygen atoms in total. The summed E-state index contributed by atoms with van der Waals surface area (Å²) in [6.07, 6.45) is -2.21. The topological polar surface area (TPSA) is 124 Å². The summed E-state index contributed by atoms with van der Waals surface area (Å²) in [7, 11) is 3.28. The number of rotatable bonds is 18. The molecule has 122 heavy (non-hydrogen) atoms. The maximum Gasteiger partial charge on any atom is 0.334 e. The van der Waals surface area contributed by atoms with E-state index < -0.39 is 42.3 Å². The number of ether oxygens (including phenoxy) is 6. The first-order valence-electron chi connectivity index (χ1n) is 40.5. The lowest BCUT2D eigenvalue weighted by atomic mass is 9.88. The number of carbonyl (C=O) groups is 4. The van der Waals surface area contributed by atoms with Crippen molar-refractivity contribution in [1.29, 1.82) is 0 Å². The first kappa shape index (κ1) is 80.5. The molecule has 0 aliphatic heterocycles. The Bertz CT molecular complexity index is 7250. The van der Waals surface area contributed by atoms with E-state index in [0.717, 1.165) is 136 Å². The quantitative estimate of drug-likeness (QED) is 0.0270. The lowest BCUT2D eigenvalue weighted by Gasteiger charge is -2.24. The van der Waals surface area contributed by atoms with Crippen molar-refractivity contribution in [2.24, 2.45) is 0 Å². The molecule has 0 amide bonds. The lowest BCUT2D eigenvalue weighted by molar-refractivity contribution is -0.143. The number of hydrogen-bond donors (Lipinski definition) is 0. The largest absolute Gasteiger partial charge is 0.497 e. The molecule has 4 unspecified atom stereocenters. The fourth-order valence-electron chi connectivity index (χ4n) is 16.3. The molecular formula is C112H88O10. The highest BCUT2D eigenvalue weighted by Gasteiger charge is 2.30. The second-order valence-corrected chi connectivity index (χ2v) is 30.7. The van der Waals surface area contributed by atoms with Crippen LogP contribution in [0.2, 0.25) is 0 Å². The Morgan fingerprint density at radius 1 is 0.221 bits per heavy atom. The molecule has 0 spiro atoms. The highest BCUT2D eigenvalue weighted by molar-refractivity contribution is 6.24. The van der Waals surface area contributed by atoms with Crippen LogP contribution in [0.15, 0.2) is 400 Å². The summed E-state index contributed by atoms with van der Waals surface area (Å²) in [5.74, 6) is -0.0878. The van der Waals surface area contributed by atoms with Crippen LogP contribution in [0, 0.1) is 0 Å². The summed E-state index contributed by atoms with van der Waals surface area (Å²) in [5.41, 5.74) is 9.04. The van der Waals surface area contributed by atoms with Crippen molar-refractivity contribution in [1.82, 2.24) is 0 Å². The second-order valence-electron chi connectivity index (χ2n) is 30.7. The van der Waals surface area contributed by atoms with Crippen LogP contribution in [0.4, 0.5) is 0 Å². The van der Waals surface area contributed by atoms with Crippen molar-refractivity contribution in [3.05, 3.63) is 445 Å². The molecule has 0 saturated heterocycles. The van der Waals surface area contributed by atoms with Crippen LogP contribution in [-0.2, 0) is 38.1 Å². The third-order valence-corrected chi connectivity index (χ3v) is 22.4. The first-order chi connectivity index (χ1) is 59.4. The number of hydrogen-bond acceptors (Lipinski definition) is 10. The number of methoxy groups -OCH3 is 2. The minimum Gasteiger partial charge on any atom is -0.497 e. The van der Waals surface area contributed by atoms with Gasteiger partial charge >= 0.3 is 23.9 Å². The van der Waals surface area contributed by atoms with Gasteiger partial charge in [0.1, 0.15) is 11.5 Å². The Morgan fingerprint density at radius 2 is 0.557 bits per heavy atom. The van der Waals surface area contributed by atoms with E-state index in [4.69, 9.17) is 28.4 Å². The number of fused-ring (bicyclic) bond motifs is 9. The van der Waals surface area contributed by atoms with E-state index in [9.17, 15) is 19.2 Å². The highest BCUT2D eigenvalue weighted by Crippen LogP contribution is 2.45. The smallest absolute Gasteiger partial charge is 0.334 e. The van der Waals surface area contributed by atoms with Crippen molar-refractivity contribution in [3.8, 4) is 11.5 Å². The molecule has 19 aromatic carbocycles. The van der Waals surface area contributed by atoms with Crippen LogP contribution in [-0.4, -0.2) is 38.1 Å². The van der Waals surface area contributed by atoms with E-state index in [1.807, 2.05) is 158 Å². The Morgan fingerprint density at radius 3 is 1.10 bits per heavy atom. The van der Waals surface area contributed by atoms with Gasteiger partial charge in [-0.3, -0.25) is 0 Å². The SMILES string of the molecule is C=C(C)C(=O)OC(c1ccc2cc(OC)ccc2c1)c1cccc2ccccc12.C=C(C)C(=O)OC(c1ccc2ccccc2c1)c1ccc2ccc3cccc4ccc1c2c34.C=C(C)C(=O)OC(c1cccc(OC)c1)c1cc2ccccc2c2ccccc12.C=C(C)C(=O)OC(c1cccc2ccccc12)c1c2ccccc2cc2ccccc12. The number of carbonyl (C=O) groups excluding carboxylic acids is 4. The van der Waals surface area contributed by atoms with Gasteiger partial charge in [0.05, 0.1) is 14.2 Å². The maximum absolute atomic E-state index is 12.8. The van der Waals surface area contributed by atoms with Gasteiger partial charge in [-0.25, -0.2) is 19.2 Å². The van der Waals surface area contributed by atoms with Crippen molar-refractivity contribution in [2.75, 3.05) is 14.2 Å². The van der Waals surface area contributed by atoms with E-state index in [0.29, 0.717) is 28.0 Å². The van der Waals surface area contributed by atoms with Crippen LogP contribution < -0.4 is 9.47 Å². The van der Waals surface area contributed by atoms with E-state index in [1.165, 1.54) is 32.3 Å². The fraction of sp³-hybridized carbons (Fsp3) is 0.0893. The predicted molar refractivity (Wildman–Crippen MR) is 499 cm³/mol. The van der Waals surface area contributed by atoms with Gasteiger partial charge in [0.25, 0.3) is 0 Å². The Balaban J connectivity index is 0.000000121. The summed E-state index contributed by atoms with van der Waals surface area (Å²) >= 11 is 0. The summed E-state index contributed by atoms with van der Waals surface area (Å²) in [5, 5.41) is 24.7. The van der Waals surface area contributed by atoms with E-state index in [1.54, 1.807) is 41.9 Å². The Hall–Kier alpha value is -15.3. The number of benzene rings is 19. The average Bonchev–Trinajstić information content (AvgIpc) is 0.739. The van der Waals surface area contributed by atoms with Crippen LogP contribution in [0.25, 0.3) is 118 Å². The van der Waals surface area contributed by atoms with Crippen LogP contribution in [0.3, 0.4) is 0 Å². The lowest BCUT2D eigenvalue weighted by Crippen LogP contribution is -2.14. The molecule has 0 bridgehead atoms. The van der Waals surface area contributed by atoms with Gasteiger partial charge in [-0.05, 0) is 206 Å². The highest BCUT2D eigenvalue weighted by atomic mass is 16.6. The van der Waals surface area contributed by atoms with Crippen LogP contribution >= 0.6 is 0 Å². The Labute approximate surface area is 708 Å². The molecule has 19 aromatic rings. The van der Waals surface area contributed by atoms with Gasteiger partial charge in [0.15, 0.2) is 24.4 Å². The fourth-order valence-corrected chi connectivity index (χ4v) is 16.3. The molecule has 0 aliphatic carbocycles. The summed E-state index contributed by atoms with van der Waals surface area (Å²) in [6, 6.07) is 119. The minimum atomic E-state index is -0.580. The molecular weight excluding hydrogens is 1510 g/mol. The zero-order chi connectivity index (χ0) is 84.7. The van der Waals surface area contributed by atoms with Gasteiger partial charge < -0.3 is 28.4 Å². The van der Waals surface area contributed by atoms with E-state index in [-0.39, 0.29) is 5.97 Å². The van der Waals surface area contributed by atoms with Gasteiger partial charge in [-0.2, -0.15) is 0 Å². The van der Waals surface area contributed by atoms with Crippen molar-refractivity contribution in [2.45, 2.75) is 52.1 Å². The average molecular weight is 1590 g/mol. The van der Waals surface area contributed by atoms with Crippen LogP contribution in [0.5, 0.6) is 11.5 Å². The van der Waals surface area contributed by atoms with Gasteiger partial charge in [0, 0.05) is 55.7 Å². The van der Waals surface area contributed by atoms with Crippen molar-refractivity contribution in [3.63, 3.8) is 0 Å². The summed E-state index contributed by atoms with van der Waals surface area (Å²) < 4.78 is 34.8. The van der Waals surface area contributed by atoms with Gasteiger partial charge in [-0.1, -0.05) is 330 Å². The monoisotopic (exact) mass is 1590 g/mol. The molecule has 0 heterocycles. The maximum atomic E-state index is 12.8. The first-order valence-corrected chi connectivity index (χ1v) is 40.5. The Kier molecular flexibility index (Phi) is 23.4. The molecule has 0 aromatic heterocycles. The zero-order valence-electron chi connectivity index (χ0n) is 68.7. The minimum absolute atomic E-state index is 0.364. The molecule has 0 N–H and O–H groups in total. The van der Waals surface area contributed by atoms with Gasteiger partial charge in [0.2, 0.25) is 0 Å².